The molecule has 1 aromatic heterocycles. The molecule has 0 saturated carbocycles. The lowest BCUT2D eigenvalue weighted by Crippen LogP contribution is -2.22. The molecule has 0 radical (unpaired) electrons. The van der Waals surface area contributed by atoms with Gasteiger partial charge in [-0.2, -0.15) is 0 Å². The van der Waals surface area contributed by atoms with Crippen molar-refractivity contribution in [2.75, 3.05) is 13.2 Å². The highest BCUT2D eigenvalue weighted by atomic mass is 79.9. The summed E-state index contributed by atoms with van der Waals surface area (Å²) < 4.78 is 6.94. The van der Waals surface area contributed by atoms with E-state index in [1.54, 1.807) is 0 Å². The van der Waals surface area contributed by atoms with Crippen molar-refractivity contribution in [3.63, 3.8) is 0 Å². The van der Waals surface area contributed by atoms with E-state index in [0.29, 0.717) is 5.92 Å². The van der Waals surface area contributed by atoms with E-state index in [2.05, 4.69) is 52.7 Å². The second kappa shape index (κ2) is 5.68. The Kier molecular flexibility index (Phi) is 4.40. The maximum Gasteiger partial charge on any atom is 0.0584 e. The van der Waals surface area contributed by atoms with Crippen molar-refractivity contribution < 1.29 is 4.74 Å². The predicted molar refractivity (Wildman–Crippen MR) is 82.7 cm³/mol. The molecule has 0 fully saturated rings. The first-order chi connectivity index (χ1) is 8.47. The van der Waals surface area contributed by atoms with E-state index in [9.17, 15) is 0 Å². The lowest BCUT2D eigenvalue weighted by molar-refractivity contribution is 0.140. The van der Waals surface area contributed by atoms with Gasteiger partial charge in [-0.05, 0) is 12.1 Å². The maximum absolute atomic E-state index is 5.82. The molecule has 0 amide bonds. The van der Waals surface area contributed by atoms with E-state index in [0.717, 1.165) is 23.4 Å². The van der Waals surface area contributed by atoms with E-state index in [1.165, 1.54) is 11.6 Å². The Morgan fingerprint density at radius 3 is 2.89 bits per heavy atom. The number of hydrogen-bond donors (Lipinski definition) is 0. The smallest absolute Gasteiger partial charge is 0.0584 e. The van der Waals surface area contributed by atoms with E-state index in [4.69, 9.17) is 4.74 Å². The molecule has 0 aromatic carbocycles. The van der Waals surface area contributed by atoms with Gasteiger partial charge in [-0.1, -0.05) is 47.7 Å². The van der Waals surface area contributed by atoms with Crippen LogP contribution in [-0.4, -0.2) is 26.3 Å². The zero-order chi connectivity index (χ0) is 13.2. The minimum absolute atomic E-state index is 0.319. The lowest BCUT2D eigenvalue weighted by Gasteiger charge is -2.16. The SMILES string of the molecule is C[Si](C)(C)CCOCC1C=Cc2c(Br)ccnc21. The minimum atomic E-state index is -0.981. The Morgan fingerprint density at radius 2 is 2.17 bits per heavy atom. The van der Waals surface area contributed by atoms with Gasteiger partial charge in [0, 0.05) is 36.8 Å². The molecule has 0 spiro atoms. The fourth-order valence-corrected chi connectivity index (χ4v) is 3.16. The molecule has 0 N–H and O–H groups in total. The number of hydrogen-bond acceptors (Lipinski definition) is 2. The number of nitrogens with zero attached hydrogens (tertiary/aromatic N) is 1. The van der Waals surface area contributed by atoms with Crippen LogP contribution in [-0.2, 0) is 4.74 Å². The van der Waals surface area contributed by atoms with Gasteiger partial charge in [0.15, 0.2) is 0 Å². The van der Waals surface area contributed by atoms with Gasteiger partial charge in [0.1, 0.15) is 0 Å². The lowest BCUT2D eigenvalue weighted by atomic mass is 10.1. The zero-order valence-corrected chi connectivity index (χ0v) is 13.8. The molecule has 1 unspecified atom stereocenters. The summed E-state index contributed by atoms with van der Waals surface area (Å²) in [6.45, 7) is 8.75. The monoisotopic (exact) mass is 325 g/mol. The van der Waals surface area contributed by atoms with E-state index in [-0.39, 0.29) is 0 Å². The molecule has 18 heavy (non-hydrogen) atoms. The third-order valence-corrected chi connectivity index (χ3v) is 5.50. The Labute approximate surface area is 119 Å². The number of aromatic nitrogens is 1. The summed E-state index contributed by atoms with van der Waals surface area (Å²) in [4.78, 5) is 4.47. The van der Waals surface area contributed by atoms with Gasteiger partial charge < -0.3 is 4.74 Å². The van der Waals surface area contributed by atoms with Crippen LogP contribution in [0.2, 0.25) is 25.7 Å². The van der Waals surface area contributed by atoms with Crippen LogP contribution in [0.5, 0.6) is 0 Å². The third-order valence-electron chi connectivity index (χ3n) is 3.11. The largest absolute Gasteiger partial charge is 0.381 e. The van der Waals surface area contributed by atoms with Crippen molar-refractivity contribution >= 4 is 30.1 Å². The summed E-state index contributed by atoms with van der Waals surface area (Å²) in [6.07, 6.45) is 6.18. The van der Waals surface area contributed by atoms with Crippen molar-refractivity contribution in [3.05, 3.63) is 34.1 Å². The number of halogens is 1. The van der Waals surface area contributed by atoms with Crippen molar-refractivity contribution in [1.29, 1.82) is 0 Å². The van der Waals surface area contributed by atoms with Gasteiger partial charge >= 0.3 is 0 Å². The Bertz CT molecular complexity index is 454. The van der Waals surface area contributed by atoms with Gasteiger partial charge in [-0.15, -0.1) is 0 Å². The van der Waals surface area contributed by atoms with Crippen LogP contribution in [0.3, 0.4) is 0 Å². The normalized spacial score (nSPS) is 18.1. The average molecular weight is 326 g/mol. The minimum Gasteiger partial charge on any atom is -0.381 e. The Hall–Kier alpha value is -0.453. The highest BCUT2D eigenvalue weighted by Crippen LogP contribution is 2.33. The summed E-state index contributed by atoms with van der Waals surface area (Å²) in [5.41, 5.74) is 2.34. The number of pyridine rings is 1. The number of rotatable bonds is 5. The van der Waals surface area contributed by atoms with E-state index >= 15 is 0 Å². The average Bonchev–Trinajstić information content (AvgIpc) is 2.68. The van der Waals surface area contributed by atoms with Crippen LogP contribution < -0.4 is 0 Å². The Balaban J connectivity index is 1.87. The van der Waals surface area contributed by atoms with Gasteiger partial charge in [-0.25, -0.2) is 0 Å². The summed E-state index contributed by atoms with van der Waals surface area (Å²) >= 11 is 3.56. The summed E-state index contributed by atoms with van der Waals surface area (Å²) in [6, 6.07) is 3.21. The fourth-order valence-electron chi connectivity index (χ4n) is 1.95. The molecule has 1 aliphatic carbocycles. The summed E-state index contributed by atoms with van der Waals surface area (Å²) in [5, 5.41) is 0. The molecule has 2 nitrogen and oxygen atoms in total. The van der Waals surface area contributed by atoms with Crippen LogP contribution in [0.15, 0.2) is 22.8 Å². The van der Waals surface area contributed by atoms with E-state index < -0.39 is 8.07 Å². The van der Waals surface area contributed by atoms with Gasteiger partial charge in [0.25, 0.3) is 0 Å². The standard InChI is InChI=1S/C14H20BrNOSi/c1-18(2,3)9-8-17-10-11-4-5-12-13(15)6-7-16-14(11)12/h4-7,11H,8-10H2,1-3H3. The molecule has 1 aromatic rings. The van der Waals surface area contributed by atoms with Crippen molar-refractivity contribution in [1.82, 2.24) is 4.98 Å². The zero-order valence-electron chi connectivity index (χ0n) is 11.2. The topological polar surface area (TPSA) is 22.1 Å². The first-order valence-electron chi connectivity index (χ1n) is 6.38. The molecule has 4 heteroatoms. The Morgan fingerprint density at radius 1 is 1.39 bits per heavy atom. The molecule has 0 bridgehead atoms. The van der Waals surface area contributed by atoms with Crippen molar-refractivity contribution in [3.8, 4) is 0 Å². The van der Waals surface area contributed by atoms with Crippen molar-refractivity contribution in [2.24, 2.45) is 0 Å². The van der Waals surface area contributed by atoms with Crippen LogP contribution in [0, 0.1) is 0 Å². The summed E-state index contributed by atoms with van der Waals surface area (Å²) in [7, 11) is -0.981. The van der Waals surface area contributed by atoms with Gasteiger partial charge in [-0.3, -0.25) is 4.98 Å². The maximum atomic E-state index is 5.82. The predicted octanol–water partition coefficient (Wildman–Crippen LogP) is 4.31. The van der Waals surface area contributed by atoms with Crippen LogP contribution in [0.25, 0.3) is 6.08 Å². The van der Waals surface area contributed by atoms with E-state index in [1.807, 2.05) is 12.3 Å². The molecule has 0 saturated heterocycles. The van der Waals surface area contributed by atoms with Crippen LogP contribution in [0.1, 0.15) is 17.2 Å². The molecule has 2 rings (SSSR count). The molecular formula is C14H20BrNOSi. The first-order valence-corrected chi connectivity index (χ1v) is 10.9. The third kappa shape index (κ3) is 3.53. The fraction of sp³-hybridized carbons (Fsp3) is 0.500. The molecule has 1 atom stereocenters. The second-order valence-corrected chi connectivity index (χ2v) is 12.4. The quantitative estimate of drug-likeness (QED) is 0.594. The van der Waals surface area contributed by atoms with Crippen LogP contribution >= 0.6 is 15.9 Å². The molecule has 1 heterocycles. The second-order valence-electron chi connectivity index (χ2n) is 5.94. The highest BCUT2D eigenvalue weighted by Gasteiger charge is 2.21. The number of fused-ring (bicyclic) bond motifs is 1. The summed E-state index contributed by atoms with van der Waals surface area (Å²) in [5.74, 6) is 0.319. The molecule has 98 valence electrons. The van der Waals surface area contributed by atoms with Crippen LogP contribution in [0.4, 0.5) is 0 Å². The van der Waals surface area contributed by atoms with Gasteiger partial charge in [0.05, 0.1) is 12.3 Å². The highest BCUT2D eigenvalue weighted by molar-refractivity contribution is 9.10. The first kappa shape index (κ1) is 14.0. The molecular weight excluding hydrogens is 306 g/mol. The molecule has 1 aliphatic rings. The molecule has 0 aliphatic heterocycles. The van der Waals surface area contributed by atoms with Crippen molar-refractivity contribution in [2.45, 2.75) is 31.6 Å². The number of ether oxygens (including phenoxy) is 1. The van der Waals surface area contributed by atoms with Gasteiger partial charge in [0.2, 0.25) is 0 Å².